The van der Waals surface area contributed by atoms with E-state index in [1.54, 1.807) is 6.20 Å². The molecule has 1 heterocycles. The minimum atomic E-state index is -0.101. The van der Waals surface area contributed by atoms with Gasteiger partial charge in [-0.25, -0.2) is 4.98 Å². The van der Waals surface area contributed by atoms with Gasteiger partial charge in [0, 0.05) is 24.5 Å². The highest BCUT2D eigenvalue weighted by molar-refractivity contribution is 5.55. The SMILES string of the molecule is CCNC(C#N)CCn1ccnc1-c1ccccc1. The monoisotopic (exact) mass is 254 g/mol. The molecular formula is C15H18N4. The molecule has 1 aromatic heterocycles. The zero-order valence-corrected chi connectivity index (χ0v) is 11.1. The Labute approximate surface area is 113 Å². The first-order chi connectivity index (χ1) is 9.35. The maximum Gasteiger partial charge on any atom is 0.139 e. The maximum absolute atomic E-state index is 9.03. The van der Waals surface area contributed by atoms with Crippen LogP contribution in [-0.2, 0) is 6.54 Å². The molecule has 0 saturated heterocycles. The molecule has 1 unspecified atom stereocenters. The topological polar surface area (TPSA) is 53.6 Å². The lowest BCUT2D eigenvalue weighted by Crippen LogP contribution is -2.28. The summed E-state index contributed by atoms with van der Waals surface area (Å²) in [7, 11) is 0. The average molecular weight is 254 g/mol. The molecule has 0 bridgehead atoms. The number of nitrogens with zero attached hydrogens (tertiary/aromatic N) is 3. The summed E-state index contributed by atoms with van der Waals surface area (Å²) in [5.41, 5.74) is 1.10. The molecule has 1 aromatic carbocycles. The minimum absolute atomic E-state index is 0.101. The highest BCUT2D eigenvalue weighted by Gasteiger charge is 2.09. The van der Waals surface area contributed by atoms with E-state index in [-0.39, 0.29) is 6.04 Å². The second kappa shape index (κ2) is 6.72. The van der Waals surface area contributed by atoms with Crippen molar-refractivity contribution < 1.29 is 0 Å². The summed E-state index contributed by atoms with van der Waals surface area (Å²) in [6.07, 6.45) is 4.54. The van der Waals surface area contributed by atoms with Crippen LogP contribution in [0, 0.1) is 11.3 Å². The minimum Gasteiger partial charge on any atom is -0.331 e. The van der Waals surface area contributed by atoms with Gasteiger partial charge in [0.25, 0.3) is 0 Å². The van der Waals surface area contributed by atoms with Crippen molar-refractivity contribution in [1.29, 1.82) is 5.26 Å². The number of aryl methyl sites for hydroxylation is 1. The Balaban J connectivity index is 2.07. The third-order valence-corrected chi connectivity index (χ3v) is 3.01. The number of nitriles is 1. The fourth-order valence-electron chi connectivity index (χ4n) is 2.06. The number of benzene rings is 1. The van der Waals surface area contributed by atoms with Crippen LogP contribution in [0.15, 0.2) is 42.7 Å². The molecule has 0 radical (unpaired) electrons. The standard InChI is InChI=1S/C15H18N4/c1-2-17-14(12-16)8-10-19-11-9-18-15(19)13-6-4-3-5-7-13/h3-7,9,11,14,17H,2,8,10H2,1H3. The van der Waals surface area contributed by atoms with Gasteiger partial charge in [0.05, 0.1) is 12.1 Å². The lowest BCUT2D eigenvalue weighted by atomic mass is 10.2. The fourth-order valence-corrected chi connectivity index (χ4v) is 2.06. The van der Waals surface area contributed by atoms with Crippen molar-refractivity contribution in [3.63, 3.8) is 0 Å². The van der Waals surface area contributed by atoms with Crippen LogP contribution < -0.4 is 5.32 Å². The Kier molecular flexibility index (Phi) is 4.71. The lowest BCUT2D eigenvalue weighted by molar-refractivity contribution is 0.531. The van der Waals surface area contributed by atoms with Crippen molar-refractivity contribution >= 4 is 0 Å². The molecule has 0 aliphatic heterocycles. The van der Waals surface area contributed by atoms with Gasteiger partial charge >= 0.3 is 0 Å². The molecule has 98 valence electrons. The van der Waals surface area contributed by atoms with Gasteiger partial charge in [0.2, 0.25) is 0 Å². The third kappa shape index (κ3) is 3.43. The summed E-state index contributed by atoms with van der Waals surface area (Å²) < 4.78 is 2.09. The fraction of sp³-hybridized carbons (Fsp3) is 0.333. The Bertz CT molecular complexity index is 539. The van der Waals surface area contributed by atoms with E-state index in [9.17, 15) is 0 Å². The number of aromatic nitrogens is 2. The Morgan fingerprint density at radius 2 is 2.16 bits per heavy atom. The molecule has 2 aromatic rings. The maximum atomic E-state index is 9.03. The number of hydrogen-bond acceptors (Lipinski definition) is 3. The molecule has 0 fully saturated rings. The average Bonchev–Trinajstić information content (AvgIpc) is 2.93. The van der Waals surface area contributed by atoms with Gasteiger partial charge in [-0.3, -0.25) is 0 Å². The Morgan fingerprint density at radius 1 is 1.37 bits per heavy atom. The van der Waals surface area contributed by atoms with Gasteiger partial charge in [-0.2, -0.15) is 5.26 Å². The van der Waals surface area contributed by atoms with E-state index in [4.69, 9.17) is 5.26 Å². The molecule has 2 rings (SSSR count). The first-order valence-electron chi connectivity index (χ1n) is 6.54. The first kappa shape index (κ1) is 13.3. The van der Waals surface area contributed by atoms with Crippen LogP contribution in [0.2, 0.25) is 0 Å². The van der Waals surface area contributed by atoms with Crippen molar-refractivity contribution in [2.45, 2.75) is 25.9 Å². The van der Waals surface area contributed by atoms with Crippen molar-refractivity contribution in [2.24, 2.45) is 0 Å². The van der Waals surface area contributed by atoms with E-state index in [0.717, 1.165) is 30.9 Å². The Morgan fingerprint density at radius 3 is 2.84 bits per heavy atom. The van der Waals surface area contributed by atoms with Crippen molar-refractivity contribution in [1.82, 2.24) is 14.9 Å². The summed E-state index contributed by atoms with van der Waals surface area (Å²) in [4.78, 5) is 4.40. The van der Waals surface area contributed by atoms with Crippen molar-refractivity contribution in [2.75, 3.05) is 6.54 Å². The quantitative estimate of drug-likeness (QED) is 0.861. The molecule has 1 atom stereocenters. The van der Waals surface area contributed by atoms with Crippen LogP contribution in [0.1, 0.15) is 13.3 Å². The summed E-state index contributed by atoms with van der Waals surface area (Å²) in [5.74, 6) is 0.953. The lowest BCUT2D eigenvalue weighted by Gasteiger charge is -2.12. The van der Waals surface area contributed by atoms with Crippen molar-refractivity contribution in [3.8, 4) is 17.5 Å². The molecule has 0 amide bonds. The van der Waals surface area contributed by atoms with Crippen LogP contribution in [-0.4, -0.2) is 22.1 Å². The van der Waals surface area contributed by atoms with Crippen LogP contribution >= 0.6 is 0 Å². The molecule has 1 N–H and O–H groups in total. The summed E-state index contributed by atoms with van der Waals surface area (Å²) >= 11 is 0. The van der Waals surface area contributed by atoms with Gasteiger partial charge in [-0.15, -0.1) is 0 Å². The molecular weight excluding hydrogens is 236 g/mol. The van der Waals surface area contributed by atoms with Crippen LogP contribution in [0.25, 0.3) is 11.4 Å². The highest BCUT2D eigenvalue weighted by Crippen LogP contribution is 2.17. The first-order valence-corrected chi connectivity index (χ1v) is 6.54. The van der Waals surface area contributed by atoms with E-state index in [2.05, 4.69) is 20.9 Å². The van der Waals surface area contributed by atoms with Crippen molar-refractivity contribution in [3.05, 3.63) is 42.7 Å². The summed E-state index contributed by atoms with van der Waals surface area (Å²) in [6, 6.07) is 12.3. The largest absolute Gasteiger partial charge is 0.331 e. The predicted molar refractivity (Wildman–Crippen MR) is 75.4 cm³/mol. The number of imidazole rings is 1. The van der Waals surface area contributed by atoms with Gasteiger partial charge in [-0.05, 0) is 13.0 Å². The van der Waals surface area contributed by atoms with Crippen LogP contribution in [0.5, 0.6) is 0 Å². The number of rotatable bonds is 6. The van der Waals surface area contributed by atoms with E-state index >= 15 is 0 Å². The summed E-state index contributed by atoms with van der Waals surface area (Å²) in [5, 5.41) is 12.2. The molecule has 4 nitrogen and oxygen atoms in total. The second-order valence-corrected chi connectivity index (χ2v) is 4.34. The summed E-state index contributed by atoms with van der Waals surface area (Å²) in [6.45, 7) is 3.61. The van der Waals surface area contributed by atoms with Gasteiger partial charge in [0.15, 0.2) is 0 Å². The number of hydrogen-bond donors (Lipinski definition) is 1. The molecule has 0 spiro atoms. The van der Waals surface area contributed by atoms with Gasteiger partial charge in [0.1, 0.15) is 5.82 Å². The van der Waals surface area contributed by atoms with Gasteiger partial charge < -0.3 is 9.88 Å². The Hall–Kier alpha value is -2.12. The second-order valence-electron chi connectivity index (χ2n) is 4.34. The molecule has 4 heteroatoms. The third-order valence-electron chi connectivity index (χ3n) is 3.01. The van der Waals surface area contributed by atoms with E-state index in [0.29, 0.717) is 0 Å². The number of nitrogens with one attached hydrogen (secondary N) is 1. The molecule has 0 aliphatic rings. The zero-order valence-electron chi connectivity index (χ0n) is 11.1. The molecule has 0 aliphatic carbocycles. The van der Waals surface area contributed by atoms with Crippen LogP contribution in [0.4, 0.5) is 0 Å². The highest BCUT2D eigenvalue weighted by atomic mass is 15.1. The van der Waals surface area contributed by atoms with Gasteiger partial charge in [-0.1, -0.05) is 37.3 Å². The normalized spacial score (nSPS) is 12.0. The molecule has 19 heavy (non-hydrogen) atoms. The van der Waals surface area contributed by atoms with E-state index < -0.39 is 0 Å². The van der Waals surface area contributed by atoms with Crippen LogP contribution in [0.3, 0.4) is 0 Å². The van der Waals surface area contributed by atoms with E-state index in [1.807, 2.05) is 43.5 Å². The smallest absolute Gasteiger partial charge is 0.139 e. The molecule has 0 saturated carbocycles. The van der Waals surface area contributed by atoms with E-state index in [1.165, 1.54) is 0 Å². The predicted octanol–water partition coefficient (Wildman–Crippen LogP) is 2.44. The zero-order chi connectivity index (χ0) is 13.5.